The van der Waals surface area contributed by atoms with Crippen molar-refractivity contribution in [3.63, 3.8) is 0 Å². The minimum atomic E-state index is -0.520. The number of aryl methyl sites for hydroxylation is 1. The van der Waals surface area contributed by atoms with Crippen LogP contribution in [0.25, 0.3) is 34.2 Å². The van der Waals surface area contributed by atoms with Crippen LogP contribution < -0.4 is 5.32 Å². The normalized spacial score (nSPS) is 12.2. The third-order valence-corrected chi connectivity index (χ3v) is 4.99. The minimum Gasteiger partial charge on any atom is -0.358 e. The number of aromatic nitrogens is 9. The van der Waals surface area contributed by atoms with Gasteiger partial charge in [-0.2, -0.15) is 0 Å². The number of nitrogens with zero attached hydrogens (tertiary/aromatic N) is 7. The molecule has 0 saturated carbocycles. The Hall–Kier alpha value is -4.19. The molecule has 0 radical (unpaired) electrons. The molecule has 0 aromatic carbocycles. The standard InChI is InChI=1S/C19H15ClN10O2/c1-8(26-19(31)15-13(20)14(24-7-25-15)18-21-3-4-22-18)12-5-10(30-32-12)16-28-11-6-23-9(2)27-17(11)29-16/h3-8H,1-2H3,(H,21,22)(H,26,31)(H,23,27,28,29). The average Bonchev–Trinajstić information content (AvgIpc) is 3.53. The first-order chi connectivity index (χ1) is 15.5. The van der Waals surface area contributed by atoms with Crippen LogP contribution in [0.1, 0.15) is 35.0 Å². The number of hydrogen-bond donors (Lipinski definition) is 3. The first kappa shape index (κ1) is 19.8. The number of imidazole rings is 2. The molecule has 3 N–H and O–H groups in total. The summed E-state index contributed by atoms with van der Waals surface area (Å²) in [6.07, 6.45) is 6.10. The Morgan fingerprint density at radius 1 is 1.19 bits per heavy atom. The highest BCUT2D eigenvalue weighted by atomic mass is 35.5. The number of rotatable bonds is 5. The summed E-state index contributed by atoms with van der Waals surface area (Å²) in [5.74, 6) is 1.46. The molecule has 1 amide bonds. The van der Waals surface area contributed by atoms with Gasteiger partial charge in [0.05, 0.1) is 12.2 Å². The summed E-state index contributed by atoms with van der Waals surface area (Å²) in [4.78, 5) is 43.8. The molecule has 32 heavy (non-hydrogen) atoms. The fourth-order valence-corrected chi connectivity index (χ4v) is 3.32. The van der Waals surface area contributed by atoms with E-state index >= 15 is 0 Å². The quantitative estimate of drug-likeness (QED) is 0.365. The second kappa shape index (κ2) is 7.81. The van der Waals surface area contributed by atoms with Gasteiger partial charge in [0.1, 0.15) is 34.1 Å². The molecular weight excluding hydrogens is 436 g/mol. The molecule has 5 aromatic rings. The Labute approximate surface area is 184 Å². The Kier molecular flexibility index (Phi) is 4.82. The highest BCUT2D eigenvalue weighted by molar-refractivity contribution is 6.35. The van der Waals surface area contributed by atoms with Gasteiger partial charge >= 0.3 is 0 Å². The molecule has 12 nitrogen and oxygen atoms in total. The Bertz CT molecular complexity index is 1430. The Balaban J connectivity index is 1.35. The number of H-pyrrole nitrogens is 2. The number of aromatic amines is 2. The van der Waals surface area contributed by atoms with Gasteiger partial charge in [-0.3, -0.25) is 4.79 Å². The van der Waals surface area contributed by atoms with Crippen LogP contribution >= 0.6 is 11.6 Å². The lowest BCUT2D eigenvalue weighted by atomic mass is 10.2. The molecule has 5 aromatic heterocycles. The van der Waals surface area contributed by atoms with Crippen molar-refractivity contribution in [1.29, 1.82) is 0 Å². The van der Waals surface area contributed by atoms with E-state index < -0.39 is 11.9 Å². The van der Waals surface area contributed by atoms with E-state index in [1.165, 1.54) is 6.33 Å². The van der Waals surface area contributed by atoms with Crippen LogP contribution in [0.15, 0.2) is 35.5 Å². The van der Waals surface area contributed by atoms with Crippen LogP contribution in [0.5, 0.6) is 0 Å². The molecule has 5 heterocycles. The number of hydrogen-bond acceptors (Lipinski definition) is 9. The van der Waals surface area contributed by atoms with Crippen LogP contribution in [-0.4, -0.2) is 50.9 Å². The van der Waals surface area contributed by atoms with Crippen LogP contribution in [0.3, 0.4) is 0 Å². The van der Waals surface area contributed by atoms with Crippen molar-refractivity contribution < 1.29 is 9.32 Å². The Morgan fingerprint density at radius 2 is 2.06 bits per heavy atom. The molecule has 13 heteroatoms. The topological polar surface area (TPSA) is 164 Å². The summed E-state index contributed by atoms with van der Waals surface area (Å²) in [5, 5.41) is 6.92. The van der Waals surface area contributed by atoms with Gasteiger partial charge in [0, 0.05) is 18.5 Å². The highest BCUT2D eigenvalue weighted by Crippen LogP contribution is 2.26. The first-order valence-corrected chi connectivity index (χ1v) is 9.85. The number of carbonyl (C=O) groups excluding carboxylic acids is 1. The first-order valence-electron chi connectivity index (χ1n) is 9.47. The van der Waals surface area contributed by atoms with E-state index in [9.17, 15) is 4.79 Å². The lowest BCUT2D eigenvalue weighted by Gasteiger charge is -2.11. The van der Waals surface area contributed by atoms with E-state index in [0.29, 0.717) is 45.8 Å². The van der Waals surface area contributed by atoms with Crippen molar-refractivity contribution in [2.75, 3.05) is 0 Å². The zero-order chi connectivity index (χ0) is 22.2. The molecule has 0 spiro atoms. The fourth-order valence-electron chi connectivity index (χ4n) is 3.04. The van der Waals surface area contributed by atoms with Crippen molar-refractivity contribution >= 4 is 28.7 Å². The van der Waals surface area contributed by atoms with Gasteiger partial charge in [0.25, 0.3) is 5.91 Å². The number of nitrogens with one attached hydrogen (secondary N) is 3. The molecule has 5 rings (SSSR count). The van der Waals surface area contributed by atoms with Gasteiger partial charge in [-0.1, -0.05) is 16.8 Å². The summed E-state index contributed by atoms with van der Waals surface area (Å²) >= 11 is 6.35. The smallest absolute Gasteiger partial charge is 0.272 e. The molecule has 0 fully saturated rings. The predicted molar refractivity (Wildman–Crippen MR) is 112 cm³/mol. The fraction of sp³-hybridized carbons (Fsp3) is 0.158. The monoisotopic (exact) mass is 450 g/mol. The molecule has 0 saturated heterocycles. The number of halogens is 1. The third kappa shape index (κ3) is 3.56. The van der Waals surface area contributed by atoms with Crippen molar-refractivity contribution in [3.8, 4) is 23.0 Å². The van der Waals surface area contributed by atoms with Crippen molar-refractivity contribution in [2.45, 2.75) is 19.9 Å². The number of amides is 1. The van der Waals surface area contributed by atoms with E-state index in [-0.39, 0.29) is 10.7 Å². The summed E-state index contributed by atoms with van der Waals surface area (Å²) in [5.41, 5.74) is 2.03. The molecule has 1 atom stereocenters. The molecule has 0 aliphatic carbocycles. The summed E-state index contributed by atoms with van der Waals surface area (Å²) in [7, 11) is 0. The van der Waals surface area contributed by atoms with Crippen LogP contribution in [0.2, 0.25) is 5.02 Å². The van der Waals surface area contributed by atoms with Gasteiger partial charge in [-0.05, 0) is 13.8 Å². The van der Waals surface area contributed by atoms with E-state index in [1.54, 1.807) is 38.5 Å². The second-order valence-electron chi connectivity index (χ2n) is 6.87. The van der Waals surface area contributed by atoms with E-state index in [4.69, 9.17) is 16.1 Å². The maximum atomic E-state index is 12.8. The van der Waals surface area contributed by atoms with Crippen LogP contribution in [0, 0.1) is 6.92 Å². The largest absolute Gasteiger partial charge is 0.358 e. The highest BCUT2D eigenvalue weighted by Gasteiger charge is 2.22. The summed E-state index contributed by atoms with van der Waals surface area (Å²) in [6, 6.07) is 1.16. The van der Waals surface area contributed by atoms with E-state index in [0.717, 1.165) is 0 Å². The number of fused-ring (bicyclic) bond motifs is 1. The zero-order valence-electron chi connectivity index (χ0n) is 16.8. The Morgan fingerprint density at radius 3 is 2.88 bits per heavy atom. The van der Waals surface area contributed by atoms with Gasteiger partial charge in [-0.25, -0.2) is 29.9 Å². The van der Waals surface area contributed by atoms with Crippen LogP contribution in [0.4, 0.5) is 0 Å². The van der Waals surface area contributed by atoms with Gasteiger partial charge in [0.15, 0.2) is 28.8 Å². The van der Waals surface area contributed by atoms with Gasteiger partial charge in [0.2, 0.25) is 0 Å². The molecule has 0 aliphatic heterocycles. The molecule has 160 valence electrons. The third-order valence-electron chi connectivity index (χ3n) is 4.63. The lowest BCUT2D eigenvalue weighted by Crippen LogP contribution is -2.27. The minimum absolute atomic E-state index is 0.0193. The van der Waals surface area contributed by atoms with Crippen LogP contribution in [-0.2, 0) is 0 Å². The second-order valence-corrected chi connectivity index (χ2v) is 7.25. The summed E-state index contributed by atoms with van der Waals surface area (Å²) in [6.45, 7) is 3.53. The maximum Gasteiger partial charge on any atom is 0.272 e. The predicted octanol–water partition coefficient (Wildman–Crippen LogP) is 2.64. The van der Waals surface area contributed by atoms with Gasteiger partial charge in [-0.15, -0.1) is 0 Å². The maximum absolute atomic E-state index is 12.8. The SMILES string of the molecule is Cc1ncc2[nH]c(-c3cc(C(C)NC(=O)c4ncnc(-c5ncc[nH]5)c4Cl)on3)nc2n1. The lowest BCUT2D eigenvalue weighted by molar-refractivity contribution is 0.0929. The van der Waals surface area contributed by atoms with Crippen molar-refractivity contribution in [3.05, 3.63) is 53.3 Å². The van der Waals surface area contributed by atoms with Gasteiger partial charge < -0.3 is 19.8 Å². The molecule has 1 unspecified atom stereocenters. The summed E-state index contributed by atoms with van der Waals surface area (Å²) < 4.78 is 5.41. The van der Waals surface area contributed by atoms with E-state index in [2.05, 4.69) is 50.3 Å². The number of carbonyl (C=O) groups is 1. The van der Waals surface area contributed by atoms with Crippen molar-refractivity contribution in [1.82, 2.24) is 50.3 Å². The molecule has 0 bridgehead atoms. The van der Waals surface area contributed by atoms with E-state index in [1.807, 2.05) is 0 Å². The zero-order valence-corrected chi connectivity index (χ0v) is 17.5. The molecular formula is C19H15ClN10O2. The molecule has 0 aliphatic rings. The average molecular weight is 451 g/mol. The van der Waals surface area contributed by atoms with Crippen molar-refractivity contribution in [2.24, 2.45) is 0 Å².